The Hall–Kier alpha value is -2.15. The second-order valence-corrected chi connectivity index (χ2v) is 3.00. The van der Waals surface area contributed by atoms with Crippen molar-refractivity contribution in [2.24, 2.45) is 5.11 Å². The molecule has 0 radical (unpaired) electrons. The lowest BCUT2D eigenvalue weighted by Crippen LogP contribution is -1.91. The van der Waals surface area contributed by atoms with E-state index in [-0.39, 0.29) is 0 Å². The first-order valence-corrected chi connectivity index (χ1v) is 4.49. The zero-order valence-corrected chi connectivity index (χ0v) is 8.70. The maximum Gasteiger partial charge on any atom is 0.112 e. The Kier molecular flexibility index (Phi) is 3.58. The molecule has 76 valence electrons. The van der Waals surface area contributed by atoms with Crippen LogP contribution >= 0.6 is 0 Å². The SMILES string of the molecule is CNc1ccc(/C=C/C#N)c(C)c1N=N. The molecule has 0 atom stereocenters. The van der Waals surface area contributed by atoms with Gasteiger partial charge in [0.25, 0.3) is 0 Å². The molecule has 4 nitrogen and oxygen atoms in total. The Morgan fingerprint density at radius 2 is 2.27 bits per heavy atom. The molecule has 0 saturated carbocycles. The topological polar surface area (TPSA) is 72.0 Å². The Balaban J connectivity index is 3.30. The van der Waals surface area contributed by atoms with Crippen LogP contribution in [-0.2, 0) is 0 Å². The summed E-state index contributed by atoms with van der Waals surface area (Å²) < 4.78 is 0. The van der Waals surface area contributed by atoms with Gasteiger partial charge in [-0.15, -0.1) is 0 Å². The molecule has 1 aromatic carbocycles. The van der Waals surface area contributed by atoms with E-state index in [0.29, 0.717) is 5.69 Å². The second-order valence-electron chi connectivity index (χ2n) is 3.00. The fraction of sp³-hybridized carbons (Fsp3) is 0.182. The van der Waals surface area contributed by atoms with Crippen LogP contribution in [0.5, 0.6) is 0 Å². The molecule has 0 heterocycles. The van der Waals surface area contributed by atoms with Gasteiger partial charge < -0.3 is 5.32 Å². The van der Waals surface area contributed by atoms with Crippen molar-refractivity contribution in [3.05, 3.63) is 29.3 Å². The molecule has 4 heteroatoms. The molecular weight excluding hydrogens is 188 g/mol. The maximum atomic E-state index is 8.44. The van der Waals surface area contributed by atoms with Gasteiger partial charge in [0, 0.05) is 13.1 Å². The van der Waals surface area contributed by atoms with E-state index in [1.807, 2.05) is 25.1 Å². The van der Waals surface area contributed by atoms with Crippen molar-refractivity contribution in [1.29, 1.82) is 10.8 Å². The van der Waals surface area contributed by atoms with E-state index in [9.17, 15) is 0 Å². The first kappa shape index (κ1) is 10.9. The molecule has 15 heavy (non-hydrogen) atoms. The molecule has 0 unspecified atom stereocenters. The van der Waals surface area contributed by atoms with E-state index < -0.39 is 0 Å². The van der Waals surface area contributed by atoms with Crippen molar-refractivity contribution in [3.63, 3.8) is 0 Å². The van der Waals surface area contributed by atoms with Crippen molar-refractivity contribution in [1.82, 2.24) is 0 Å². The van der Waals surface area contributed by atoms with Gasteiger partial charge in [-0.05, 0) is 30.2 Å². The number of nitrogens with zero attached hydrogens (tertiary/aromatic N) is 2. The fourth-order valence-corrected chi connectivity index (χ4v) is 1.37. The zero-order valence-electron chi connectivity index (χ0n) is 8.70. The first-order valence-electron chi connectivity index (χ1n) is 4.49. The van der Waals surface area contributed by atoms with E-state index in [1.165, 1.54) is 6.08 Å². The van der Waals surface area contributed by atoms with Crippen LogP contribution in [0.1, 0.15) is 11.1 Å². The number of hydrogen-bond acceptors (Lipinski definition) is 4. The van der Waals surface area contributed by atoms with Crippen LogP contribution in [0.15, 0.2) is 23.3 Å². The van der Waals surface area contributed by atoms with Gasteiger partial charge in [-0.25, -0.2) is 5.53 Å². The lowest BCUT2D eigenvalue weighted by molar-refractivity contribution is 1.13. The highest BCUT2D eigenvalue weighted by Gasteiger charge is 2.06. The van der Waals surface area contributed by atoms with Crippen LogP contribution < -0.4 is 5.32 Å². The molecule has 1 rings (SSSR count). The predicted octanol–water partition coefficient (Wildman–Crippen LogP) is 3.24. The largest absolute Gasteiger partial charge is 0.386 e. The Morgan fingerprint density at radius 3 is 2.80 bits per heavy atom. The number of rotatable bonds is 3. The van der Waals surface area contributed by atoms with Crippen LogP contribution in [0.25, 0.3) is 6.08 Å². The highest BCUT2D eigenvalue weighted by atomic mass is 15.0. The maximum absolute atomic E-state index is 8.44. The van der Waals surface area contributed by atoms with E-state index in [0.717, 1.165) is 16.8 Å². The van der Waals surface area contributed by atoms with Crippen molar-refractivity contribution in [2.75, 3.05) is 12.4 Å². The van der Waals surface area contributed by atoms with Gasteiger partial charge in [-0.1, -0.05) is 6.07 Å². The average Bonchev–Trinajstić information content (AvgIpc) is 2.27. The summed E-state index contributed by atoms with van der Waals surface area (Å²) in [5.74, 6) is 0. The minimum absolute atomic E-state index is 0.609. The number of allylic oxidation sites excluding steroid dienone is 1. The fourth-order valence-electron chi connectivity index (χ4n) is 1.37. The third-order valence-corrected chi connectivity index (χ3v) is 2.19. The lowest BCUT2D eigenvalue weighted by atomic mass is 10.0. The van der Waals surface area contributed by atoms with E-state index in [2.05, 4.69) is 10.4 Å². The number of anilines is 1. The molecule has 0 aliphatic rings. The first-order chi connectivity index (χ1) is 7.24. The molecule has 0 aliphatic carbocycles. The molecule has 0 saturated heterocycles. The summed E-state index contributed by atoms with van der Waals surface area (Å²) in [6.07, 6.45) is 3.12. The van der Waals surface area contributed by atoms with Gasteiger partial charge in [0.1, 0.15) is 5.69 Å². The molecule has 2 N–H and O–H groups in total. The second kappa shape index (κ2) is 4.91. The van der Waals surface area contributed by atoms with Crippen LogP contribution in [0, 0.1) is 23.8 Å². The Labute approximate surface area is 88.7 Å². The summed E-state index contributed by atoms with van der Waals surface area (Å²) in [6, 6.07) is 5.67. The van der Waals surface area contributed by atoms with Crippen LogP contribution in [0.3, 0.4) is 0 Å². The summed E-state index contributed by atoms with van der Waals surface area (Å²) in [7, 11) is 1.79. The van der Waals surface area contributed by atoms with E-state index in [4.69, 9.17) is 10.8 Å². The molecule has 0 bridgehead atoms. The van der Waals surface area contributed by atoms with Crippen LogP contribution in [0.4, 0.5) is 11.4 Å². The van der Waals surface area contributed by atoms with Gasteiger partial charge in [-0.3, -0.25) is 0 Å². The molecule has 0 aromatic heterocycles. The lowest BCUT2D eigenvalue weighted by Gasteiger charge is -2.09. The minimum Gasteiger partial charge on any atom is -0.386 e. The van der Waals surface area contributed by atoms with Gasteiger partial charge in [-0.2, -0.15) is 10.4 Å². The summed E-state index contributed by atoms with van der Waals surface area (Å²) in [5.41, 5.74) is 10.3. The summed E-state index contributed by atoms with van der Waals surface area (Å²) in [6.45, 7) is 1.88. The molecular formula is C11H12N4. The summed E-state index contributed by atoms with van der Waals surface area (Å²) in [5, 5.41) is 14.9. The third-order valence-electron chi connectivity index (χ3n) is 2.19. The van der Waals surface area contributed by atoms with Crippen molar-refractivity contribution < 1.29 is 0 Å². The van der Waals surface area contributed by atoms with E-state index >= 15 is 0 Å². The zero-order chi connectivity index (χ0) is 11.3. The summed E-state index contributed by atoms with van der Waals surface area (Å²) >= 11 is 0. The Bertz CT molecular complexity index is 441. The van der Waals surface area contributed by atoms with Gasteiger partial charge in [0.2, 0.25) is 0 Å². The van der Waals surface area contributed by atoms with Gasteiger partial charge in [0.15, 0.2) is 0 Å². The van der Waals surface area contributed by atoms with Crippen molar-refractivity contribution >= 4 is 17.5 Å². The molecule has 0 spiro atoms. The highest BCUT2D eigenvalue weighted by molar-refractivity contribution is 5.74. The van der Waals surface area contributed by atoms with Crippen LogP contribution in [0.2, 0.25) is 0 Å². The molecule has 0 amide bonds. The standard InChI is InChI=1S/C11H12N4/c1-8-9(4-3-7-12)5-6-10(14-2)11(8)15-13/h3-6,13-14H,1-2H3/b4-3+,15-13?. The van der Waals surface area contributed by atoms with Gasteiger partial charge in [0.05, 0.1) is 11.8 Å². The number of nitrogens with one attached hydrogen (secondary N) is 2. The predicted molar refractivity (Wildman–Crippen MR) is 60.2 cm³/mol. The Morgan fingerprint density at radius 1 is 1.53 bits per heavy atom. The number of nitriles is 1. The van der Waals surface area contributed by atoms with E-state index in [1.54, 1.807) is 13.1 Å². The van der Waals surface area contributed by atoms with Crippen LogP contribution in [-0.4, -0.2) is 7.05 Å². The monoisotopic (exact) mass is 200 g/mol. The molecule has 0 aliphatic heterocycles. The minimum atomic E-state index is 0.609. The quantitative estimate of drug-likeness (QED) is 0.580. The molecule has 0 fully saturated rings. The molecule has 1 aromatic rings. The third kappa shape index (κ3) is 2.20. The van der Waals surface area contributed by atoms with Gasteiger partial charge >= 0.3 is 0 Å². The normalized spacial score (nSPS) is 9.93. The number of hydrogen-bond donors (Lipinski definition) is 2. The smallest absolute Gasteiger partial charge is 0.112 e. The highest BCUT2D eigenvalue weighted by Crippen LogP contribution is 2.31. The van der Waals surface area contributed by atoms with Crippen molar-refractivity contribution in [2.45, 2.75) is 6.92 Å². The summed E-state index contributed by atoms with van der Waals surface area (Å²) in [4.78, 5) is 0. The average molecular weight is 200 g/mol. The number of benzene rings is 1. The van der Waals surface area contributed by atoms with Crippen molar-refractivity contribution in [3.8, 4) is 6.07 Å².